The van der Waals surface area contributed by atoms with Gasteiger partial charge in [0.15, 0.2) is 0 Å². The zero-order valence-electron chi connectivity index (χ0n) is 6.64. The van der Waals surface area contributed by atoms with Gasteiger partial charge in [-0.2, -0.15) is 0 Å². The molecule has 0 bridgehead atoms. The van der Waals surface area contributed by atoms with E-state index in [2.05, 4.69) is 15.4 Å². The monoisotopic (exact) mass is 173 g/mol. The average Bonchev–Trinajstić information content (AvgIpc) is 2.31. The number of halogens is 2. The first-order valence-electron chi connectivity index (χ1n) is 3.77. The third kappa shape index (κ3) is 1.00. The van der Waals surface area contributed by atoms with Crippen LogP contribution in [0.3, 0.4) is 0 Å². The molecule has 0 atom stereocenters. The molecule has 1 aliphatic rings. The summed E-state index contributed by atoms with van der Waals surface area (Å²) in [5, 5.41) is 9.76. The predicted octanol–water partition coefficient (Wildman–Crippen LogP) is 1.49. The molecule has 12 heavy (non-hydrogen) atoms. The van der Waals surface area contributed by atoms with Gasteiger partial charge in [0.25, 0.3) is 0 Å². The van der Waals surface area contributed by atoms with Crippen molar-refractivity contribution in [2.75, 3.05) is 0 Å². The second kappa shape index (κ2) is 2.02. The maximum atomic E-state index is 12.6. The number of hydrogen-bond donors (Lipinski definition) is 1. The van der Waals surface area contributed by atoms with Gasteiger partial charge in [-0.1, -0.05) is 12.1 Å². The molecule has 1 saturated carbocycles. The van der Waals surface area contributed by atoms with Crippen molar-refractivity contribution in [3.63, 3.8) is 0 Å². The molecule has 0 amide bonds. The van der Waals surface area contributed by atoms with E-state index in [9.17, 15) is 8.78 Å². The van der Waals surface area contributed by atoms with Gasteiger partial charge in [0.2, 0.25) is 5.92 Å². The van der Waals surface area contributed by atoms with Crippen molar-refractivity contribution in [3.05, 3.63) is 11.9 Å². The highest BCUT2D eigenvalue weighted by Gasteiger charge is 2.55. The topological polar surface area (TPSA) is 41.6 Å². The fraction of sp³-hybridized carbons (Fsp3) is 0.714. The van der Waals surface area contributed by atoms with Gasteiger partial charge in [0.1, 0.15) is 0 Å². The van der Waals surface area contributed by atoms with E-state index in [0.717, 1.165) is 0 Å². The summed E-state index contributed by atoms with van der Waals surface area (Å²) in [4.78, 5) is 0. The molecule has 5 heteroatoms. The lowest BCUT2D eigenvalue weighted by atomic mass is 9.66. The molecule has 0 aromatic carbocycles. The predicted molar refractivity (Wildman–Crippen MR) is 37.9 cm³/mol. The number of aromatic nitrogens is 3. The molecule has 3 nitrogen and oxygen atoms in total. The first-order chi connectivity index (χ1) is 5.52. The van der Waals surface area contributed by atoms with E-state index in [-0.39, 0.29) is 12.8 Å². The van der Waals surface area contributed by atoms with Crippen LogP contribution in [0.1, 0.15) is 25.5 Å². The lowest BCUT2D eigenvalue weighted by Crippen LogP contribution is -2.47. The molecule has 0 aliphatic heterocycles. The normalized spacial score (nSPS) is 24.9. The van der Waals surface area contributed by atoms with Gasteiger partial charge in [0.05, 0.1) is 5.69 Å². The Balaban J connectivity index is 2.18. The highest BCUT2D eigenvalue weighted by molar-refractivity contribution is 5.18. The lowest BCUT2D eigenvalue weighted by molar-refractivity contribution is -0.122. The van der Waals surface area contributed by atoms with Gasteiger partial charge < -0.3 is 0 Å². The Morgan fingerprint density at radius 3 is 2.58 bits per heavy atom. The molecule has 1 aromatic heterocycles. The number of hydrogen-bond acceptors (Lipinski definition) is 2. The fourth-order valence-electron chi connectivity index (χ4n) is 1.77. The van der Waals surface area contributed by atoms with Crippen molar-refractivity contribution in [2.45, 2.75) is 31.1 Å². The third-order valence-corrected chi connectivity index (χ3v) is 2.33. The molecule has 1 aliphatic carbocycles. The summed E-state index contributed by atoms with van der Waals surface area (Å²) < 4.78 is 25.1. The molecule has 0 unspecified atom stereocenters. The van der Waals surface area contributed by atoms with Gasteiger partial charge in [-0.3, -0.25) is 5.10 Å². The Morgan fingerprint density at radius 1 is 1.50 bits per heavy atom. The largest absolute Gasteiger partial charge is 0.265 e. The van der Waals surface area contributed by atoms with Crippen molar-refractivity contribution >= 4 is 0 Å². The summed E-state index contributed by atoms with van der Waals surface area (Å²) in [7, 11) is 0. The average molecular weight is 173 g/mol. The number of H-pyrrole nitrogens is 1. The van der Waals surface area contributed by atoms with Crippen LogP contribution in [0.2, 0.25) is 0 Å². The number of rotatable bonds is 1. The maximum absolute atomic E-state index is 12.6. The minimum absolute atomic E-state index is 0.119. The smallest absolute Gasteiger partial charge is 0.250 e. The molecule has 1 aromatic rings. The lowest BCUT2D eigenvalue weighted by Gasteiger charge is -2.43. The number of nitrogens with zero attached hydrogens (tertiary/aromatic N) is 2. The summed E-state index contributed by atoms with van der Waals surface area (Å²) in [5.41, 5.74) is 0.157. The molecule has 0 radical (unpaired) electrons. The minimum atomic E-state index is -2.51. The summed E-state index contributed by atoms with van der Waals surface area (Å²) in [5.74, 6) is -2.51. The SMILES string of the molecule is CC1(c2c[nH]nn2)CC(F)(F)C1. The number of nitrogens with one attached hydrogen (secondary N) is 1. The Labute approximate surface area is 68.2 Å². The first kappa shape index (κ1) is 7.64. The minimum Gasteiger partial charge on any atom is -0.265 e. The van der Waals surface area contributed by atoms with Gasteiger partial charge in [0, 0.05) is 24.5 Å². The van der Waals surface area contributed by atoms with E-state index >= 15 is 0 Å². The molecule has 0 spiro atoms. The molecular formula is C7H9F2N3. The fourth-order valence-corrected chi connectivity index (χ4v) is 1.77. The maximum Gasteiger partial charge on any atom is 0.250 e. The second-order valence-corrected chi connectivity index (χ2v) is 3.63. The van der Waals surface area contributed by atoms with E-state index in [1.165, 1.54) is 0 Å². The van der Waals surface area contributed by atoms with Crippen molar-refractivity contribution in [1.82, 2.24) is 15.4 Å². The van der Waals surface area contributed by atoms with E-state index in [1.54, 1.807) is 13.1 Å². The van der Waals surface area contributed by atoms with Crippen LogP contribution in [0, 0.1) is 0 Å². The van der Waals surface area contributed by atoms with Gasteiger partial charge in [-0.15, -0.1) is 5.10 Å². The van der Waals surface area contributed by atoms with Crippen LogP contribution in [-0.4, -0.2) is 21.3 Å². The third-order valence-electron chi connectivity index (χ3n) is 2.33. The molecular weight excluding hydrogens is 164 g/mol. The molecule has 66 valence electrons. The van der Waals surface area contributed by atoms with E-state index in [1.807, 2.05) is 0 Å². The summed E-state index contributed by atoms with van der Waals surface area (Å²) in [6.07, 6.45) is 1.34. The zero-order chi connectivity index (χ0) is 8.82. The molecule has 0 saturated heterocycles. The Morgan fingerprint density at radius 2 is 2.17 bits per heavy atom. The van der Waals surface area contributed by atoms with Crippen LogP contribution in [0.15, 0.2) is 6.20 Å². The van der Waals surface area contributed by atoms with Crippen molar-refractivity contribution in [3.8, 4) is 0 Å². The van der Waals surface area contributed by atoms with Crippen molar-refractivity contribution in [2.24, 2.45) is 0 Å². The van der Waals surface area contributed by atoms with Crippen LogP contribution in [0.4, 0.5) is 8.78 Å². The molecule has 1 heterocycles. The standard InChI is InChI=1S/C7H9F2N3/c1-6(3-7(8,9)4-6)5-2-10-12-11-5/h2H,3-4H2,1H3,(H,10,11,12). The van der Waals surface area contributed by atoms with Crippen LogP contribution >= 0.6 is 0 Å². The summed E-state index contributed by atoms with van der Waals surface area (Å²) in [6.45, 7) is 1.78. The van der Waals surface area contributed by atoms with Crippen molar-refractivity contribution in [1.29, 1.82) is 0 Å². The zero-order valence-corrected chi connectivity index (χ0v) is 6.64. The van der Waals surface area contributed by atoms with E-state index in [4.69, 9.17) is 0 Å². The Kier molecular flexibility index (Phi) is 1.29. The van der Waals surface area contributed by atoms with E-state index in [0.29, 0.717) is 5.69 Å². The number of aromatic amines is 1. The second-order valence-electron chi connectivity index (χ2n) is 3.63. The van der Waals surface area contributed by atoms with E-state index < -0.39 is 11.3 Å². The van der Waals surface area contributed by atoms with Crippen LogP contribution < -0.4 is 0 Å². The highest BCUT2D eigenvalue weighted by Crippen LogP contribution is 2.52. The Bertz CT molecular complexity index is 273. The summed E-state index contributed by atoms with van der Waals surface area (Å²) in [6, 6.07) is 0. The molecule has 1 N–H and O–H groups in total. The van der Waals surface area contributed by atoms with Crippen LogP contribution in [-0.2, 0) is 5.41 Å². The van der Waals surface area contributed by atoms with Gasteiger partial charge >= 0.3 is 0 Å². The van der Waals surface area contributed by atoms with Crippen LogP contribution in [0.25, 0.3) is 0 Å². The van der Waals surface area contributed by atoms with Gasteiger partial charge in [-0.25, -0.2) is 8.78 Å². The quantitative estimate of drug-likeness (QED) is 0.699. The van der Waals surface area contributed by atoms with Gasteiger partial charge in [-0.05, 0) is 0 Å². The first-order valence-corrected chi connectivity index (χ1v) is 3.77. The molecule has 1 fully saturated rings. The summed E-state index contributed by atoms with van der Waals surface area (Å²) >= 11 is 0. The highest BCUT2D eigenvalue weighted by atomic mass is 19.3. The molecule has 2 rings (SSSR count). The van der Waals surface area contributed by atoms with Crippen LogP contribution in [0.5, 0.6) is 0 Å². The van der Waals surface area contributed by atoms with Crippen molar-refractivity contribution < 1.29 is 8.78 Å². The Hall–Kier alpha value is -1.00. The number of alkyl halides is 2.